The van der Waals surface area contributed by atoms with Crippen molar-refractivity contribution in [2.45, 2.75) is 25.3 Å². The first-order chi connectivity index (χ1) is 8.93. The van der Waals surface area contributed by atoms with Crippen molar-refractivity contribution in [2.75, 3.05) is 13.1 Å². The van der Waals surface area contributed by atoms with Crippen molar-refractivity contribution in [3.05, 3.63) is 42.2 Å². The van der Waals surface area contributed by atoms with Gasteiger partial charge in [0.1, 0.15) is 12.2 Å². The quantitative estimate of drug-likeness (QED) is 0.879. The number of pyridine rings is 1. The van der Waals surface area contributed by atoms with Crippen LogP contribution in [0.2, 0.25) is 0 Å². The maximum absolute atomic E-state index is 4.35. The van der Waals surface area contributed by atoms with E-state index >= 15 is 0 Å². The van der Waals surface area contributed by atoms with Crippen LogP contribution in [0, 0.1) is 0 Å². The van der Waals surface area contributed by atoms with Crippen molar-refractivity contribution in [1.82, 2.24) is 25.1 Å². The van der Waals surface area contributed by atoms with Crippen LogP contribution >= 0.6 is 0 Å². The molecule has 5 heteroatoms. The second kappa shape index (κ2) is 5.27. The predicted octanol–water partition coefficient (Wildman–Crippen LogP) is 1.19. The van der Waals surface area contributed by atoms with E-state index in [2.05, 4.69) is 25.1 Å². The van der Waals surface area contributed by atoms with Crippen LogP contribution in [0.15, 0.2) is 30.7 Å². The number of nitrogens with zero attached hydrogens (tertiary/aromatic N) is 4. The zero-order valence-electron chi connectivity index (χ0n) is 10.3. The Morgan fingerprint density at radius 3 is 2.94 bits per heavy atom. The third-order valence-electron chi connectivity index (χ3n) is 3.41. The van der Waals surface area contributed by atoms with Crippen LogP contribution in [0.1, 0.15) is 30.3 Å². The first-order valence-electron chi connectivity index (χ1n) is 6.42. The molecule has 0 spiro atoms. The monoisotopic (exact) mass is 243 g/mol. The molecule has 1 aliphatic rings. The van der Waals surface area contributed by atoms with Gasteiger partial charge in [0.2, 0.25) is 0 Å². The second-order valence-electron chi connectivity index (χ2n) is 4.66. The predicted molar refractivity (Wildman–Crippen MR) is 68.2 cm³/mol. The second-order valence-corrected chi connectivity index (χ2v) is 4.66. The molecule has 2 aromatic heterocycles. The molecule has 0 unspecified atom stereocenters. The van der Waals surface area contributed by atoms with Crippen molar-refractivity contribution >= 4 is 0 Å². The summed E-state index contributed by atoms with van der Waals surface area (Å²) < 4.78 is 2.12. The van der Waals surface area contributed by atoms with Crippen LogP contribution in [-0.2, 0) is 6.54 Å². The lowest BCUT2D eigenvalue weighted by atomic mass is 9.97. The van der Waals surface area contributed by atoms with E-state index in [1.165, 1.54) is 0 Å². The minimum atomic E-state index is 0.525. The molecule has 1 saturated heterocycles. The molecule has 1 fully saturated rings. The SMILES string of the molecule is c1ccc(Cn2cnnc2C2CCNCC2)nc1. The maximum Gasteiger partial charge on any atom is 0.136 e. The standard InChI is InChI=1S/C13H17N5/c1-2-6-15-12(3-1)9-18-10-16-17-13(18)11-4-7-14-8-5-11/h1-3,6,10-11,14H,4-5,7-9H2. The molecule has 0 aromatic carbocycles. The van der Waals surface area contributed by atoms with E-state index in [9.17, 15) is 0 Å². The van der Waals surface area contributed by atoms with Gasteiger partial charge in [-0.1, -0.05) is 6.07 Å². The Morgan fingerprint density at radius 1 is 1.28 bits per heavy atom. The summed E-state index contributed by atoms with van der Waals surface area (Å²) in [5, 5.41) is 11.7. The van der Waals surface area contributed by atoms with E-state index in [0.29, 0.717) is 5.92 Å². The summed E-state index contributed by atoms with van der Waals surface area (Å²) in [6.07, 6.45) is 5.91. The average molecular weight is 243 g/mol. The van der Waals surface area contributed by atoms with Gasteiger partial charge < -0.3 is 9.88 Å². The van der Waals surface area contributed by atoms with E-state index in [4.69, 9.17) is 0 Å². The molecule has 3 rings (SSSR count). The van der Waals surface area contributed by atoms with Gasteiger partial charge in [0.25, 0.3) is 0 Å². The summed E-state index contributed by atoms with van der Waals surface area (Å²) in [5.74, 6) is 1.62. The lowest BCUT2D eigenvalue weighted by Gasteiger charge is -2.22. The number of rotatable bonds is 3. The number of hydrogen-bond acceptors (Lipinski definition) is 4. The molecule has 0 bridgehead atoms. The average Bonchev–Trinajstić information content (AvgIpc) is 2.89. The van der Waals surface area contributed by atoms with Crippen molar-refractivity contribution < 1.29 is 0 Å². The molecule has 0 radical (unpaired) electrons. The molecule has 0 saturated carbocycles. The number of piperidine rings is 1. The third-order valence-corrected chi connectivity index (χ3v) is 3.41. The van der Waals surface area contributed by atoms with Gasteiger partial charge in [-0.05, 0) is 38.1 Å². The van der Waals surface area contributed by atoms with E-state index in [-0.39, 0.29) is 0 Å². The molecule has 1 aliphatic heterocycles. The molecule has 0 aliphatic carbocycles. The van der Waals surface area contributed by atoms with Crippen LogP contribution in [0.3, 0.4) is 0 Å². The summed E-state index contributed by atoms with van der Waals surface area (Å²) in [6.45, 7) is 2.90. The van der Waals surface area contributed by atoms with Crippen LogP contribution < -0.4 is 5.32 Å². The van der Waals surface area contributed by atoms with Crippen LogP contribution in [0.4, 0.5) is 0 Å². The lowest BCUT2D eigenvalue weighted by molar-refractivity contribution is 0.432. The molecule has 1 N–H and O–H groups in total. The minimum Gasteiger partial charge on any atom is -0.317 e. The fourth-order valence-corrected chi connectivity index (χ4v) is 2.45. The molecule has 5 nitrogen and oxygen atoms in total. The highest BCUT2D eigenvalue weighted by Gasteiger charge is 2.20. The van der Waals surface area contributed by atoms with Crippen molar-refractivity contribution in [3.8, 4) is 0 Å². The molecule has 0 amide bonds. The molecule has 0 atom stereocenters. The van der Waals surface area contributed by atoms with E-state index in [0.717, 1.165) is 44.0 Å². The van der Waals surface area contributed by atoms with Gasteiger partial charge in [-0.25, -0.2) is 0 Å². The van der Waals surface area contributed by atoms with Gasteiger partial charge in [0, 0.05) is 12.1 Å². The molecule has 3 heterocycles. The Hall–Kier alpha value is -1.75. The fourth-order valence-electron chi connectivity index (χ4n) is 2.45. The Balaban J connectivity index is 1.78. The largest absolute Gasteiger partial charge is 0.317 e. The zero-order chi connectivity index (χ0) is 12.2. The molecule has 18 heavy (non-hydrogen) atoms. The van der Waals surface area contributed by atoms with Gasteiger partial charge in [0.15, 0.2) is 0 Å². The highest BCUT2D eigenvalue weighted by molar-refractivity contribution is 5.07. The fraction of sp³-hybridized carbons (Fsp3) is 0.462. The number of aromatic nitrogens is 4. The summed E-state index contributed by atoms with van der Waals surface area (Å²) >= 11 is 0. The highest BCUT2D eigenvalue weighted by Crippen LogP contribution is 2.23. The normalized spacial score (nSPS) is 16.9. The Bertz CT molecular complexity index is 487. The first kappa shape index (κ1) is 11.3. The number of hydrogen-bond donors (Lipinski definition) is 1. The lowest BCUT2D eigenvalue weighted by Crippen LogP contribution is -2.28. The molecule has 94 valence electrons. The first-order valence-corrected chi connectivity index (χ1v) is 6.42. The van der Waals surface area contributed by atoms with Crippen molar-refractivity contribution in [2.24, 2.45) is 0 Å². The summed E-state index contributed by atoms with van der Waals surface area (Å²) in [6, 6.07) is 5.98. The van der Waals surface area contributed by atoms with Gasteiger partial charge in [0.05, 0.1) is 12.2 Å². The van der Waals surface area contributed by atoms with E-state index in [1.807, 2.05) is 30.7 Å². The number of nitrogens with one attached hydrogen (secondary N) is 1. The van der Waals surface area contributed by atoms with Crippen molar-refractivity contribution in [1.29, 1.82) is 0 Å². The van der Waals surface area contributed by atoms with E-state index in [1.54, 1.807) is 0 Å². The van der Waals surface area contributed by atoms with Gasteiger partial charge in [-0.3, -0.25) is 4.98 Å². The Morgan fingerprint density at radius 2 is 2.17 bits per heavy atom. The van der Waals surface area contributed by atoms with Gasteiger partial charge >= 0.3 is 0 Å². The van der Waals surface area contributed by atoms with Gasteiger partial charge in [-0.15, -0.1) is 10.2 Å². The molecule has 2 aromatic rings. The van der Waals surface area contributed by atoms with Crippen LogP contribution in [0.5, 0.6) is 0 Å². The van der Waals surface area contributed by atoms with Crippen LogP contribution in [0.25, 0.3) is 0 Å². The van der Waals surface area contributed by atoms with Crippen LogP contribution in [-0.4, -0.2) is 32.8 Å². The smallest absolute Gasteiger partial charge is 0.136 e. The summed E-state index contributed by atoms with van der Waals surface area (Å²) in [4.78, 5) is 4.35. The van der Waals surface area contributed by atoms with Crippen molar-refractivity contribution in [3.63, 3.8) is 0 Å². The summed E-state index contributed by atoms with van der Waals surface area (Å²) in [5.41, 5.74) is 1.05. The van der Waals surface area contributed by atoms with Gasteiger partial charge in [-0.2, -0.15) is 0 Å². The highest BCUT2D eigenvalue weighted by atomic mass is 15.3. The van der Waals surface area contributed by atoms with E-state index < -0.39 is 0 Å². The summed E-state index contributed by atoms with van der Waals surface area (Å²) in [7, 11) is 0. The minimum absolute atomic E-state index is 0.525. The molecular formula is C13H17N5. The maximum atomic E-state index is 4.35. The third kappa shape index (κ3) is 2.41. The Labute approximate surface area is 106 Å². The topological polar surface area (TPSA) is 55.6 Å². The molecular weight excluding hydrogens is 226 g/mol. The Kier molecular flexibility index (Phi) is 3.32. The zero-order valence-corrected chi connectivity index (χ0v) is 10.3.